The molecule has 0 radical (unpaired) electrons. The molecule has 1 fully saturated rings. The van der Waals surface area contributed by atoms with E-state index in [0.717, 1.165) is 34.4 Å². The standard InChI is InChI=1S/C37H44N6O4/c1-4-36(14-17-42(18-15-36)25(3)44)35(47)43(23-28-10-7-6-9-27(28)22-38-5-2)24-32(45)40-30-13-12-26-20-37(21-29(26)19-30)31-11-8-16-39-33(31)41-34(37)46/h6-13,16,19,38H,4-5,14-15,17-18,20-24H2,1-3H3,(H,40,45)(H,39,41,46)/t37-/m1/s1. The van der Waals surface area contributed by atoms with E-state index in [0.29, 0.717) is 69.8 Å². The molecule has 0 unspecified atom stereocenters. The third kappa shape index (κ3) is 6.26. The van der Waals surface area contributed by atoms with E-state index < -0.39 is 10.8 Å². The lowest BCUT2D eigenvalue weighted by Crippen LogP contribution is -2.52. The van der Waals surface area contributed by atoms with Crippen LogP contribution in [0.4, 0.5) is 11.5 Å². The van der Waals surface area contributed by atoms with Gasteiger partial charge < -0.3 is 25.8 Å². The molecule has 10 nitrogen and oxygen atoms in total. The summed E-state index contributed by atoms with van der Waals surface area (Å²) in [4.78, 5) is 61.2. The number of rotatable bonds is 10. The Balaban J connectivity index is 1.22. The fraction of sp³-hybridized carbons (Fsp3) is 0.432. The summed E-state index contributed by atoms with van der Waals surface area (Å²) in [5.74, 6) is 0.260. The number of benzene rings is 2. The van der Waals surface area contributed by atoms with Crippen LogP contribution in [0.5, 0.6) is 0 Å². The lowest BCUT2D eigenvalue weighted by molar-refractivity contribution is -0.150. The molecule has 3 N–H and O–H groups in total. The molecule has 3 aliphatic rings. The monoisotopic (exact) mass is 636 g/mol. The zero-order chi connectivity index (χ0) is 33.2. The van der Waals surface area contributed by atoms with Gasteiger partial charge in [-0.25, -0.2) is 4.98 Å². The molecule has 3 aromatic rings. The fourth-order valence-electron chi connectivity index (χ4n) is 7.57. The van der Waals surface area contributed by atoms with Crippen molar-refractivity contribution in [1.82, 2.24) is 20.1 Å². The molecule has 2 aliphatic heterocycles. The minimum atomic E-state index is -0.690. The lowest BCUT2D eigenvalue weighted by atomic mass is 9.74. The summed E-state index contributed by atoms with van der Waals surface area (Å²) < 4.78 is 0. The van der Waals surface area contributed by atoms with Crippen molar-refractivity contribution >= 4 is 35.1 Å². The molecule has 10 heteroatoms. The average Bonchev–Trinajstić information content (AvgIpc) is 3.59. The number of amides is 4. The molecule has 1 spiro atoms. The van der Waals surface area contributed by atoms with Crippen molar-refractivity contribution < 1.29 is 19.2 Å². The fourth-order valence-corrected chi connectivity index (χ4v) is 7.57. The van der Waals surface area contributed by atoms with Gasteiger partial charge in [-0.15, -0.1) is 0 Å². The van der Waals surface area contributed by atoms with E-state index in [9.17, 15) is 19.2 Å². The molecule has 2 aromatic carbocycles. The molecule has 1 saturated heterocycles. The van der Waals surface area contributed by atoms with Crippen LogP contribution in [0, 0.1) is 5.41 Å². The third-order valence-corrected chi connectivity index (χ3v) is 10.4. The van der Waals surface area contributed by atoms with Crippen LogP contribution >= 0.6 is 0 Å². The number of anilines is 2. The van der Waals surface area contributed by atoms with E-state index in [1.54, 1.807) is 22.9 Å². The largest absolute Gasteiger partial charge is 0.343 e. The highest BCUT2D eigenvalue weighted by atomic mass is 16.2. The molecular formula is C37H44N6O4. The third-order valence-electron chi connectivity index (χ3n) is 10.4. The number of nitrogens with one attached hydrogen (secondary N) is 3. The first-order chi connectivity index (χ1) is 22.7. The predicted molar refractivity (Wildman–Crippen MR) is 180 cm³/mol. The summed E-state index contributed by atoms with van der Waals surface area (Å²) in [6.07, 6.45) is 4.55. The average molecular weight is 637 g/mol. The van der Waals surface area contributed by atoms with Crippen LogP contribution in [-0.4, -0.2) is 64.6 Å². The van der Waals surface area contributed by atoms with Crippen LogP contribution in [0.2, 0.25) is 0 Å². The normalized spacial score (nSPS) is 19.2. The molecule has 0 bridgehead atoms. The van der Waals surface area contributed by atoms with Gasteiger partial charge in [-0.3, -0.25) is 19.2 Å². The molecule has 0 saturated carbocycles. The highest BCUT2D eigenvalue weighted by Gasteiger charge is 2.51. The van der Waals surface area contributed by atoms with Gasteiger partial charge in [-0.1, -0.05) is 50.2 Å². The van der Waals surface area contributed by atoms with Gasteiger partial charge in [0.2, 0.25) is 23.6 Å². The van der Waals surface area contributed by atoms with E-state index >= 15 is 0 Å². The van der Waals surface area contributed by atoms with E-state index in [1.165, 1.54) is 0 Å². The number of hydrogen-bond acceptors (Lipinski definition) is 6. The number of fused-ring (bicyclic) bond motifs is 3. The maximum Gasteiger partial charge on any atom is 0.244 e. The number of aromatic nitrogens is 1. The highest BCUT2D eigenvalue weighted by molar-refractivity contribution is 6.06. The van der Waals surface area contributed by atoms with Crippen molar-refractivity contribution in [3.63, 3.8) is 0 Å². The Kier molecular flexibility index (Phi) is 9.14. The quantitative estimate of drug-likeness (QED) is 0.307. The van der Waals surface area contributed by atoms with Gasteiger partial charge in [-0.05, 0) is 79.1 Å². The Bertz CT molecular complexity index is 1700. The van der Waals surface area contributed by atoms with Crippen LogP contribution in [0.15, 0.2) is 60.8 Å². The zero-order valence-electron chi connectivity index (χ0n) is 27.5. The Hall–Kier alpha value is -4.57. The predicted octanol–water partition coefficient (Wildman–Crippen LogP) is 4.19. The SMILES string of the molecule is CCNCc1ccccc1CN(CC(=O)Nc1ccc2c(c1)C[C@@]1(C2)C(=O)Nc2ncccc21)C(=O)C1(CC)CCN(C(C)=O)CC1. The van der Waals surface area contributed by atoms with E-state index in [-0.39, 0.29) is 30.2 Å². The number of pyridine rings is 1. The maximum absolute atomic E-state index is 14.5. The number of piperidine rings is 1. The van der Waals surface area contributed by atoms with Crippen molar-refractivity contribution in [2.45, 2.75) is 71.4 Å². The van der Waals surface area contributed by atoms with E-state index in [1.807, 2.05) is 55.5 Å². The van der Waals surface area contributed by atoms with E-state index in [2.05, 4.69) is 33.9 Å². The molecule has 1 aliphatic carbocycles. The van der Waals surface area contributed by atoms with Crippen molar-refractivity contribution in [3.8, 4) is 0 Å². The smallest absolute Gasteiger partial charge is 0.244 e. The van der Waals surface area contributed by atoms with Crippen LogP contribution in [-0.2, 0) is 50.5 Å². The number of carbonyl (C=O) groups is 4. The van der Waals surface area contributed by atoms with E-state index in [4.69, 9.17) is 0 Å². The number of nitrogens with zero attached hydrogens (tertiary/aromatic N) is 3. The van der Waals surface area contributed by atoms with Crippen molar-refractivity contribution in [2.75, 3.05) is 36.8 Å². The Morgan fingerprint density at radius 3 is 2.45 bits per heavy atom. The topological polar surface area (TPSA) is 124 Å². The first-order valence-corrected chi connectivity index (χ1v) is 16.7. The van der Waals surface area contributed by atoms with Crippen LogP contribution < -0.4 is 16.0 Å². The van der Waals surface area contributed by atoms with Crippen molar-refractivity contribution in [1.29, 1.82) is 0 Å². The summed E-state index contributed by atoms with van der Waals surface area (Å²) >= 11 is 0. The first kappa shape index (κ1) is 32.4. The molecule has 47 heavy (non-hydrogen) atoms. The second-order valence-corrected chi connectivity index (χ2v) is 13.2. The van der Waals surface area contributed by atoms with Gasteiger partial charge in [0.25, 0.3) is 0 Å². The number of likely N-dealkylation sites (tertiary alicyclic amines) is 1. The summed E-state index contributed by atoms with van der Waals surface area (Å²) in [6, 6.07) is 17.6. The highest BCUT2D eigenvalue weighted by Crippen LogP contribution is 2.47. The molecule has 6 rings (SSSR count). The summed E-state index contributed by atoms with van der Waals surface area (Å²) in [5.41, 5.74) is 4.39. The van der Waals surface area contributed by atoms with Crippen LogP contribution in [0.3, 0.4) is 0 Å². The van der Waals surface area contributed by atoms with Gasteiger partial charge in [-0.2, -0.15) is 0 Å². The Morgan fingerprint density at radius 1 is 0.979 bits per heavy atom. The molecule has 1 atom stereocenters. The molecule has 246 valence electrons. The lowest BCUT2D eigenvalue weighted by Gasteiger charge is -2.42. The second kappa shape index (κ2) is 13.3. The molecule has 4 amide bonds. The first-order valence-electron chi connectivity index (χ1n) is 16.7. The minimum absolute atomic E-state index is 0.0189. The van der Waals surface area contributed by atoms with Crippen LogP contribution in [0.25, 0.3) is 0 Å². The molecule has 3 heterocycles. The summed E-state index contributed by atoms with van der Waals surface area (Å²) in [6.45, 7) is 8.39. The van der Waals surface area contributed by atoms with Crippen molar-refractivity contribution in [2.24, 2.45) is 5.41 Å². The second-order valence-electron chi connectivity index (χ2n) is 13.2. The Labute approximate surface area is 276 Å². The molecule has 1 aromatic heterocycles. The summed E-state index contributed by atoms with van der Waals surface area (Å²) in [5, 5.41) is 9.36. The van der Waals surface area contributed by atoms with Gasteiger partial charge in [0, 0.05) is 50.6 Å². The maximum atomic E-state index is 14.5. The zero-order valence-corrected chi connectivity index (χ0v) is 27.5. The van der Waals surface area contributed by atoms with Gasteiger partial charge >= 0.3 is 0 Å². The van der Waals surface area contributed by atoms with Crippen LogP contribution in [0.1, 0.15) is 67.9 Å². The summed E-state index contributed by atoms with van der Waals surface area (Å²) in [7, 11) is 0. The number of hydrogen-bond donors (Lipinski definition) is 3. The van der Waals surface area contributed by atoms with Crippen molar-refractivity contribution in [3.05, 3.63) is 88.6 Å². The minimum Gasteiger partial charge on any atom is -0.343 e. The molecular weight excluding hydrogens is 592 g/mol. The Morgan fingerprint density at radius 2 is 1.72 bits per heavy atom. The van der Waals surface area contributed by atoms with Gasteiger partial charge in [0.15, 0.2) is 0 Å². The number of carbonyl (C=O) groups excluding carboxylic acids is 4. The van der Waals surface area contributed by atoms with Gasteiger partial charge in [0.1, 0.15) is 12.4 Å². The van der Waals surface area contributed by atoms with Gasteiger partial charge in [0.05, 0.1) is 10.8 Å².